The van der Waals surface area contributed by atoms with Crippen LogP contribution >= 0.6 is 0 Å². The van der Waals surface area contributed by atoms with Crippen molar-refractivity contribution in [2.75, 3.05) is 13.1 Å². The second kappa shape index (κ2) is 5.75. The Morgan fingerprint density at radius 2 is 1.88 bits per heavy atom. The van der Waals surface area contributed by atoms with Gasteiger partial charge in [-0.25, -0.2) is 4.39 Å². The molecule has 1 aliphatic heterocycles. The summed E-state index contributed by atoms with van der Waals surface area (Å²) in [5.74, 6) is -3.22. The molecule has 1 N–H and O–H groups in total. The first kappa shape index (κ1) is 18.2. The Bertz CT molecular complexity index is 672. The van der Waals surface area contributed by atoms with Crippen molar-refractivity contribution in [3.05, 3.63) is 35.6 Å². The second-order valence-electron chi connectivity index (χ2n) is 6.50. The number of alkyl halides is 3. The minimum atomic E-state index is -4.96. The average Bonchev–Trinajstić information content (AvgIpc) is 2.92. The summed E-state index contributed by atoms with van der Waals surface area (Å²) in [4.78, 5) is 24.7. The third kappa shape index (κ3) is 2.85. The first-order valence-corrected chi connectivity index (χ1v) is 7.27. The van der Waals surface area contributed by atoms with E-state index in [9.17, 15) is 27.2 Å². The van der Waals surface area contributed by atoms with E-state index in [1.807, 2.05) is 0 Å². The van der Waals surface area contributed by atoms with Gasteiger partial charge in [-0.05, 0) is 38.0 Å². The first-order valence-electron chi connectivity index (χ1n) is 7.27. The summed E-state index contributed by atoms with van der Waals surface area (Å²) in [6.07, 6.45) is -5.66. The summed E-state index contributed by atoms with van der Waals surface area (Å²) >= 11 is 0. The maximum Gasteiger partial charge on any atom is 0.406 e. The number of aliphatic carboxylic acids is 1. The lowest BCUT2D eigenvalue weighted by atomic mass is 9.82. The molecular formula is C16H17F4NO3. The number of likely N-dealkylation sites (tertiary alicyclic amines) is 1. The fraction of sp³-hybridized carbons (Fsp3) is 0.500. The van der Waals surface area contributed by atoms with Gasteiger partial charge in [0.05, 0.1) is 5.41 Å². The van der Waals surface area contributed by atoms with Crippen LogP contribution in [0.15, 0.2) is 24.3 Å². The van der Waals surface area contributed by atoms with E-state index in [-0.39, 0.29) is 6.54 Å². The summed E-state index contributed by atoms with van der Waals surface area (Å²) in [6, 6.07) is 5.24. The molecule has 0 saturated carbocycles. The van der Waals surface area contributed by atoms with Gasteiger partial charge in [-0.3, -0.25) is 9.59 Å². The van der Waals surface area contributed by atoms with Crippen molar-refractivity contribution in [2.24, 2.45) is 5.41 Å². The van der Waals surface area contributed by atoms with Crippen LogP contribution in [0.4, 0.5) is 17.6 Å². The highest BCUT2D eigenvalue weighted by atomic mass is 19.4. The third-order valence-corrected chi connectivity index (χ3v) is 4.59. The Balaban J connectivity index is 2.30. The second-order valence-corrected chi connectivity index (χ2v) is 6.50. The first-order chi connectivity index (χ1) is 10.9. The molecule has 1 aromatic carbocycles. The van der Waals surface area contributed by atoms with Crippen LogP contribution < -0.4 is 0 Å². The number of benzene rings is 1. The summed E-state index contributed by atoms with van der Waals surface area (Å²) in [6.45, 7) is 1.68. The molecule has 1 amide bonds. The minimum Gasteiger partial charge on any atom is -0.481 e. The molecule has 1 saturated heterocycles. The maximum absolute atomic E-state index is 13.4. The molecule has 1 aliphatic rings. The van der Waals surface area contributed by atoms with Crippen LogP contribution in [0.25, 0.3) is 0 Å². The van der Waals surface area contributed by atoms with Crippen molar-refractivity contribution >= 4 is 11.9 Å². The average molecular weight is 347 g/mol. The van der Waals surface area contributed by atoms with Crippen molar-refractivity contribution in [1.29, 1.82) is 0 Å². The van der Waals surface area contributed by atoms with Crippen molar-refractivity contribution in [3.63, 3.8) is 0 Å². The molecule has 132 valence electrons. The topological polar surface area (TPSA) is 57.6 Å². The molecule has 0 spiro atoms. The summed E-state index contributed by atoms with van der Waals surface area (Å²) in [7, 11) is 0. The minimum absolute atomic E-state index is 0.312. The summed E-state index contributed by atoms with van der Waals surface area (Å²) in [5, 5.41) is 9.05. The molecule has 0 aromatic heterocycles. The molecule has 0 radical (unpaired) electrons. The standard InChI is InChI=1S/C16H17F4NO3/c1-14(2,10-4-3-5-11(17)8-10)12(22)21-7-6-15(9-21,13(23)24)16(18,19)20/h3-5,8H,6-7,9H2,1-2H3,(H,23,24). The molecule has 1 heterocycles. The van der Waals surface area contributed by atoms with E-state index in [2.05, 4.69) is 0 Å². The van der Waals surface area contributed by atoms with Gasteiger partial charge in [0.1, 0.15) is 5.82 Å². The highest BCUT2D eigenvalue weighted by molar-refractivity contribution is 5.89. The molecule has 24 heavy (non-hydrogen) atoms. The van der Waals surface area contributed by atoms with Crippen molar-refractivity contribution in [3.8, 4) is 0 Å². The van der Waals surface area contributed by atoms with E-state index in [0.29, 0.717) is 5.56 Å². The molecule has 1 fully saturated rings. The summed E-state index contributed by atoms with van der Waals surface area (Å²) < 4.78 is 53.0. The Morgan fingerprint density at radius 3 is 2.33 bits per heavy atom. The number of nitrogens with zero attached hydrogens (tertiary/aromatic N) is 1. The number of carboxylic acid groups (broad SMARTS) is 1. The molecule has 8 heteroatoms. The van der Waals surface area contributed by atoms with E-state index in [0.717, 1.165) is 11.0 Å². The highest BCUT2D eigenvalue weighted by Crippen LogP contribution is 2.46. The number of amides is 1. The Kier molecular flexibility index (Phi) is 4.37. The largest absolute Gasteiger partial charge is 0.481 e. The molecule has 1 atom stereocenters. The Morgan fingerprint density at radius 1 is 1.25 bits per heavy atom. The van der Waals surface area contributed by atoms with Gasteiger partial charge in [0.25, 0.3) is 0 Å². The molecular weight excluding hydrogens is 330 g/mol. The van der Waals surface area contributed by atoms with E-state index < -0.39 is 47.7 Å². The van der Waals surface area contributed by atoms with Crippen LogP contribution in [-0.2, 0) is 15.0 Å². The number of carbonyl (C=O) groups excluding carboxylic acids is 1. The van der Waals surface area contributed by atoms with E-state index in [1.165, 1.54) is 32.0 Å². The van der Waals surface area contributed by atoms with Crippen LogP contribution in [0.2, 0.25) is 0 Å². The quantitative estimate of drug-likeness (QED) is 0.856. The number of carboxylic acids is 1. The van der Waals surface area contributed by atoms with Gasteiger partial charge in [0.15, 0.2) is 5.41 Å². The Hall–Kier alpha value is -2.12. The third-order valence-electron chi connectivity index (χ3n) is 4.59. The van der Waals surface area contributed by atoms with Gasteiger partial charge in [-0.1, -0.05) is 12.1 Å². The monoisotopic (exact) mass is 347 g/mol. The van der Waals surface area contributed by atoms with Crippen LogP contribution in [-0.4, -0.2) is 41.1 Å². The number of rotatable bonds is 3. The zero-order valence-electron chi connectivity index (χ0n) is 13.2. The van der Waals surface area contributed by atoms with Gasteiger partial charge in [0.2, 0.25) is 5.91 Å². The fourth-order valence-corrected chi connectivity index (χ4v) is 2.91. The number of halogens is 4. The number of hydrogen-bond acceptors (Lipinski definition) is 2. The molecule has 0 bridgehead atoms. The van der Waals surface area contributed by atoms with Crippen LogP contribution in [0.5, 0.6) is 0 Å². The van der Waals surface area contributed by atoms with Crippen molar-refractivity contribution in [1.82, 2.24) is 4.90 Å². The SMILES string of the molecule is CC(C)(C(=O)N1CCC(C(=O)O)(C(F)(F)F)C1)c1cccc(F)c1. The van der Waals surface area contributed by atoms with E-state index >= 15 is 0 Å². The zero-order chi connectivity index (χ0) is 18.3. The number of carbonyl (C=O) groups is 2. The van der Waals surface area contributed by atoms with Gasteiger partial charge >= 0.3 is 12.1 Å². The lowest BCUT2D eigenvalue weighted by molar-refractivity contribution is -0.227. The van der Waals surface area contributed by atoms with Gasteiger partial charge in [-0.2, -0.15) is 13.2 Å². The predicted octanol–water partition coefficient (Wildman–Crippen LogP) is 2.97. The van der Waals surface area contributed by atoms with Crippen molar-refractivity contribution in [2.45, 2.75) is 31.9 Å². The number of hydrogen-bond donors (Lipinski definition) is 1. The van der Waals surface area contributed by atoms with Gasteiger partial charge in [0, 0.05) is 13.1 Å². The van der Waals surface area contributed by atoms with E-state index in [4.69, 9.17) is 5.11 Å². The molecule has 2 rings (SSSR count). The van der Waals surface area contributed by atoms with Crippen molar-refractivity contribution < 1.29 is 32.3 Å². The lowest BCUT2D eigenvalue weighted by Gasteiger charge is -2.32. The highest BCUT2D eigenvalue weighted by Gasteiger charge is 2.64. The maximum atomic E-state index is 13.4. The van der Waals surface area contributed by atoms with Gasteiger partial charge < -0.3 is 10.0 Å². The molecule has 1 unspecified atom stereocenters. The zero-order valence-corrected chi connectivity index (χ0v) is 13.2. The smallest absolute Gasteiger partial charge is 0.406 e. The fourth-order valence-electron chi connectivity index (χ4n) is 2.91. The van der Waals surface area contributed by atoms with Crippen LogP contribution in [0.3, 0.4) is 0 Å². The summed E-state index contributed by atoms with van der Waals surface area (Å²) in [5.41, 5.74) is -3.92. The van der Waals surface area contributed by atoms with Crippen LogP contribution in [0.1, 0.15) is 25.8 Å². The van der Waals surface area contributed by atoms with Crippen LogP contribution in [0, 0.1) is 11.2 Å². The Labute approximate surface area is 136 Å². The normalized spacial score (nSPS) is 21.8. The van der Waals surface area contributed by atoms with Gasteiger partial charge in [-0.15, -0.1) is 0 Å². The van der Waals surface area contributed by atoms with E-state index in [1.54, 1.807) is 0 Å². The lowest BCUT2D eigenvalue weighted by Crippen LogP contribution is -2.49. The molecule has 1 aromatic rings. The molecule has 4 nitrogen and oxygen atoms in total. The predicted molar refractivity (Wildman–Crippen MR) is 76.7 cm³/mol. The molecule has 0 aliphatic carbocycles.